The SMILES string of the molecule is CCC(=O)Nc1cccc(C(=O)N2CCCC(CNC(=O)C3CCCN3)C2)c1.Cl. The summed E-state index contributed by atoms with van der Waals surface area (Å²) in [6, 6.07) is 7.01. The standard InChI is InChI=1S/C21H30N4O3.ClH/c1-2-19(26)24-17-8-3-7-16(12-17)21(28)25-11-5-6-15(14-25)13-23-20(27)18-9-4-10-22-18;/h3,7-8,12,15,18,22H,2,4-6,9-11,13-14H2,1H3,(H,23,27)(H,24,26);1H. The highest BCUT2D eigenvalue weighted by atomic mass is 35.5. The van der Waals surface area contributed by atoms with Gasteiger partial charge in [0.2, 0.25) is 11.8 Å². The van der Waals surface area contributed by atoms with Crippen LogP contribution in [-0.4, -0.2) is 54.8 Å². The molecule has 0 aliphatic carbocycles. The first-order valence-corrected chi connectivity index (χ1v) is 10.3. The number of hydrogen-bond acceptors (Lipinski definition) is 4. The number of benzene rings is 1. The fraction of sp³-hybridized carbons (Fsp3) is 0.571. The van der Waals surface area contributed by atoms with E-state index in [1.54, 1.807) is 31.2 Å². The molecule has 0 aromatic heterocycles. The summed E-state index contributed by atoms with van der Waals surface area (Å²) in [5.41, 5.74) is 1.22. The van der Waals surface area contributed by atoms with Crippen LogP contribution < -0.4 is 16.0 Å². The third kappa shape index (κ3) is 6.44. The van der Waals surface area contributed by atoms with Crippen LogP contribution in [0.3, 0.4) is 0 Å². The van der Waals surface area contributed by atoms with Gasteiger partial charge in [0.1, 0.15) is 0 Å². The van der Waals surface area contributed by atoms with Gasteiger partial charge in [0.25, 0.3) is 5.91 Å². The number of halogens is 1. The van der Waals surface area contributed by atoms with Gasteiger partial charge in [-0.05, 0) is 56.3 Å². The smallest absolute Gasteiger partial charge is 0.253 e. The highest BCUT2D eigenvalue weighted by molar-refractivity contribution is 5.97. The van der Waals surface area contributed by atoms with Crippen LogP contribution in [0.2, 0.25) is 0 Å². The van der Waals surface area contributed by atoms with E-state index in [0.29, 0.717) is 30.8 Å². The molecule has 1 aromatic carbocycles. The molecule has 0 radical (unpaired) electrons. The van der Waals surface area contributed by atoms with Crippen LogP contribution in [0.25, 0.3) is 0 Å². The van der Waals surface area contributed by atoms with E-state index < -0.39 is 0 Å². The molecule has 2 heterocycles. The van der Waals surface area contributed by atoms with Crippen molar-refractivity contribution >= 4 is 35.8 Å². The van der Waals surface area contributed by atoms with Crippen molar-refractivity contribution in [1.29, 1.82) is 0 Å². The number of hydrogen-bond donors (Lipinski definition) is 3. The average molecular weight is 423 g/mol. The minimum Gasteiger partial charge on any atom is -0.354 e. The van der Waals surface area contributed by atoms with Crippen molar-refractivity contribution in [2.45, 2.75) is 45.1 Å². The molecule has 2 aliphatic rings. The molecule has 2 aliphatic heterocycles. The van der Waals surface area contributed by atoms with Crippen LogP contribution in [0.1, 0.15) is 49.4 Å². The number of carbonyl (C=O) groups excluding carboxylic acids is 3. The van der Waals surface area contributed by atoms with E-state index >= 15 is 0 Å². The highest BCUT2D eigenvalue weighted by Crippen LogP contribution is 2.20. The fourth-order valence-corrected chi connectivity index (χ4v) is 3.85. The number of nitrogens with zero attached hydrogens (tertiary/aromatic N) is 1. The number of carbonyl (C=O) groups is 3. The third-order valence-corrected chi connectivity index (χ3v) is 5.46. The summed E-state index contributed by atoms with van der Waals surface area (Å²) in [4.78, 5) is 38.5. The molecule has 0 bridgehead atoms. The summed E-state index contributed by atoms with van der Waals surface area (Å²) in [6.45, 7) is 4.66. The topological polar surface area (TPSA) is 90.5 Å². The first-order valence-electron chi connectivity index (χ1n) is 10.3. The van der Waals surface area contributed by atoms with Crippen molar-refractivity contribution in [2.24, 2.45) is 5.92 Å². The maximum absolute atomic E-state index is 12.9. The molecule has 8 heteroatoms. The predicted octanol–water partition coefficient (Wildman–Crippen LogP) is 2.18. The minimum absolute atomic E-state index is 0. The van der Waals surface area contributed by atoms with Gasteiger partial charge in [-0.25, -0.2) is 0 Å². The lowest BCUT2D eigenvalue weighted by Crippen LogP contribution is -2.46. The summed E-state index contributed by atoms with van der Waals surface area (Å²) < 4.78 is 0. The highest BCUT2D eigenvalue weighted by Gasteiger charge is 2.27. The van der Waals surface area contributed by atoms with E-state index in [2.05, 4.69) is 16.0 Å². The van der Waals surface area contributed by atoms with E-state index in [1.165, 1.54) is 0 Å². The predicted molar refractivity (Wildman–Crippen MR) is 115 cm³/mol. The van der Waals surface area contributed by atoms with Crippen molar-refractivity contribution in [1.82, 2.24) is 15.5 Å². The van der Waals surface area contributed by atoms with Gasteiger partial charge in [-0.1, -0.05) is 13.0 Å². The van der Waals surface area contributed by atoms with Gasteiger partial charge in [0.05, 0.1) is 6.04 Å². The number of likely N-dealkylation sites (tertiary alicyclic amines) is 1. The number of piperidine rings is 1. The number of amides is 3. The maximum atomic E-state index is 12.9. The van der Waals surface area contributed by atoms with Crippen molar-refractivity contribution in [3.63, 3.8) is 0 Å². The Morgan fingerprint density at radius 3 is 2.76 bits per heavy atom. The Kier molecular flexibility index (Phi) is 8.92. The summed E-state index contributed by atoms with van der Waals surface area (Å²) in [7, 11) is 0. The van der Waals surface area contributed by atoms with Crippen LogP contribution in [0.4, 0.5) is 5.69 Å². The zero-order chi connectivity index (χ0) is 19.9. The fourth-order valence-electron chi connectivity index (χ4n) is 3.85. The Morgan fingerprint density at radius 1 is 1.21 bits per heavy atom. The van der Waals surface area contributed by atoms with Gasteiger partial charge in [0.15, 0.2) is 0 Å². The molecule has 2 saturated heterocycles. The third-order valence-electron chi connectivity index (χ3n) is 5.46. The summed E-state index contributed by atoms with van der Waals surface area (Å²) in [5.74, 6) is 0.238. The zero-order valence-electron chi connectivity index (χ0n) is 16.9. The Morgan fingerprint density at radius 2 is 2.03 bits per heavy atom. The molecule has 2 atom stereocenters. The quantitative estimate of drug-likeness (QED) is 0.655. The molecule has 160 valence electrons. The molecular weight excluding hydrogens is 392 g/mol. The van der Waals surface area contributed by atoms with Crippen molar-refractivity contribution in [2.75, 3.05) is 31.5 Å². The Bertz CT molecular complexity index is 722. The van der Waals surface area contributed by atoms with Gasteiger partial charge in [-0.3, -0.25) is 14.4 Å². The van der Waals surface area contributed by atoms with Crippen molar-refractivity contribution < 1.29 is 14.4 Å². The van der Waals surface area contributed by atoms with Crippen molar-refractivity contribution in [3.05, 3.63) is 29.8 Å². The summed E-state index contributed by atoms with van der Waals surface area (Å²) in [5, 5.41) is 9.05. The summed E-state index contributed by atoms with van der Waals surface area (Å²) >= 11 is 0. The molecule has 29 heavy (non-hydrogen) atoms. The zero-order valence-corrected chi connectivity index (χ0v) is 17.7. The minimum atomic E-state index is -0.0740. The lowest BCUT2D eigenvalue weighted by atomic mass is 9.97. The van der Waals surface area contributed by atoms with Crippen LogP contribution >= 0.6 is 12.4 Å². The van der Waals surface area contributed by atoms with Gasteiger partial charge >= 0.3 is 0 Å². The van der Waals surface area contributed by atoms with E-state index in [4.69, 9.17) is 0 Å². The molecule has 1 aromatic rings. The van der Waals surface area contributed by atoms with E-state index in [-0.39, 0.29) is 42.1 Å². The largest absolute Gasteiger partial charge is 0.354 e. The Balaban J connectivity index is 0.00000300. The lowest BCUT2D eigenvalue weighted by molar-refractivity contribution is -0.123. The van der Waals surface area contributed by atoms with E-state index in [1.807, 2.05) is 4.90 Å². The second kappa shape index (κ2) is 11.2. The second-order valence-corrected chi connectivity index (χ2v) is 7.64. The van der Waals surface area contributed by atoms with Crippen LogP contribution in [0, 0.1) is 5.92 Å². The molecule has 3 amide bonds. The molecule has 2 unspecified atom stereocenters. The molecule has 3 rings (SSSR count). The number of rotatable bonds is 6. The van der Waals surface area contributed by atoms with E-state index in [0.717, 1.165) is 38.8 Å². The lowest BCUT2D eigenvalue weighted by Gasteiger charge is -2.33. The van der Waals surface area contributed by atoms with Crippen LogP contribution in [0.15, 0.2) is 24.3 Å². The number of nitrogens with one attached hydrogen (secondary N) is 3. The molecule has 7 nitrogen and oxygen atoms in total. The van der Waals surface area contributed by atoms with Crippen molar-refractivity contribution in [3.8, 4) is 0 Å². The van der Waals surface area contributed by atoms with Gasteiger partial charge < -0.3 is 20.9 Å². The second-order valence-electron chi connectivity index (χ2n) is 7.64. The van der Waals surface area contributed by atoms with Gasteiger partial charge in [-0.2, -0.15) is 0 Å². The first-order chi connectivity index (χ1) is 13.6. The Hall–Kier alpha value is -2.12. The molecule has 3 N–H and O–H groups in total. The average Bonchev–Trinajstić information content (AvgIpc) is 3.27. The molecule has 0 saturated carbocycles. The molecule has 0 spiro atoms. The first kappa shape index (κ1) is 23.2. The Labute approximate surface area is 178 Å². The number of anilines is 1. The molecular formula is C21H31ClN4O3. The normalized spacial score (nSPS) is 21.2. The van der Waals surface area contributed by atoms with Crippen LogP contribution in [-0.2, 0) is 9.59 Å². The molecule has 2 fully saturated rings. The summed E-state index contributed by atoms with van der Waals surface area (Å²) in [6.07, 6.45) is 4.27. The maximum Gasteiger partial charge on any atom is 0.253 e. The van der Waals surface area contributed by atoms with Crippen LogP contribution in [0.5, 0.6) is 0 Å². The monoisotopic (exact) mass is 422 g/mol. The van der Waals surface area contributed by atoms with Gasteiger partial charge in [-0.15, -0.1) is 12.4 Å². The van der Waals surface area contributed by atoms with E-state index in [9.17, 15) is 14.4 Å². The van der Waals surface area contributed by atoms with Gasteiger partial charge in [0, 0.05) is 37.3 Å².